The van der Waals surface area contributed by atoms with Crippen LogP contribution in [-0.4, -0.2) is 33.5 Å². The van der Waals surface area contributed by atoms with Crippen LogP contribution in [0.25, 0.3) is 0 Å². The van der Waals surface area contributed by atoms with Gasteiger partial charge in [-0.3, -0.25) is 0 Å². The van der Waals surface area contributed by atoms with Gasteiger partial charge in [-0.1, -0.05) is 25.7 Å². The van der Waals surface area contributed by atoms with Crippen LogP contribution in [0.15, 0.2) is 18.2 Å². The molecule has 0 heterocycles. The summed E-state index contributed by atoms with van der Waals surface area (Å²) in [6.07, 6.45) is 0. The van der Waals surface area contributed by atoms with E-state index in [0.717, 1.165) is 23.7 Å². The highest BCUT2D eigenvalue weighted by Gasteiger charge is 2.04. The van der Waals surface area contributed by atoms with E-state index >= 15 is 0 Å². The number of hydrogen-bond donors (Lipinski definition) is 1. The third-order valence-electron chi connectivity index (χ3n) is 2.45. The topological polar surface area (TPSA) is 53.7 Å². The van der Waals surface area contributed by atoms with Crippen molar-refractivity contribution in [1.29, 1.82) is 0 Å². The Hall–Kier alpha value is -1.70. The van der Waals surface area contributed by atoms with Crippen molar-refractivity contribution in [1.82, 2.24) is 0 Å². The van der Waals surface area contributed by atoms with Gasteiger partial charge in [0.05, 0.1) is 25.8 Å². The van der Waals surface area contributed by atoms with Gasteiger partial charge in [0.1, 0.15) is 18.1 Å². The number of nitrogens with two attached hydrogens (primary N) is 1. The van der Waals surface area contributed by atoms with Crippen molar-refractivity contribution in [3.63, 3.8) is 0 Å². The summed E-state index contributed by atoms with van der Waals surface area (Å²) >= 11 is 0. The zero-order valence-corrected chi connectivity index (χ0v) is 12.4. The molecule has 0 unspecified atom stereocenters. The predicted molar refractivity (Wildman–Crippen MR) is 80.1 cm³/mol. The fraction of sp³-hybridized carbons (Fsp3) is 0.500. The maximum absolute atomic E-state index is 5.69. The second-order valence-corrected chi connectivity index (χ2v) is 4.69. The molecule has 2 N–H and O–H groups in total. The molecule has 0 aromatic heterocycles. The van der Waals surface area contributed by atoms with E-state index in [4.69, 9.17) is 19.9 Å². The molecule has 0 saturated heterocycles. The Morgan fingerprint density at radius 2 is 2.05 bits per heavy atom. The van der Waals surface area contributed by atoms with E-state index < -0.39 is 0 Å². The lowest BCUT2D eigenvalue weighted by atomic mass is 10.2. The summed E-state index contributed by atoms with van der Waals surface area (Å²) in [7, 11) is 1.62. The molecule has 20 heavy (non-hydrogen) atoms. The molecule has 1 aromatic carbocycles. The van der Waals surface area contributed by atoms with E-state index in [0.29, 0.717) is 25.7 Å². The second kappa shape index (κ2) is 9.24. The monoisotopic (exact) mass is 277 g/mol. The summed E-state index contributed by atoms with van der Waals surface area (Å²) in [5, 5.41) is 0. The fourth-order valence-corrected chi connectivity index (χ4v) is 1.54. The minimum atomic E-state index is 0.314. The molecule has 0 amide bonds. The Balaban J connectivity index is 2.59. The van der Waals surface area contributed by atoms with Crippen LogP contribution in [0.2, 0.25) is 0 Å². The molecular formula is C16H23NO3. The van der Waals surface area contributed by atoms with Gasteiger partial charge >= 0.3 is 0 Å². The Bertz CT molecular complexity index is 461. The number of ether oxygens (including phenoxy) is 3. The molecule has 1 rings (SSSR count). The second-order valence-electron chi connectivity index (χ2n) is 4.69. The summed E-state index contributed by atoms with van der Waals surface area (Å²) in [6, 6.07) is 5.53. The molecule has 4 nitrogen and oxygen atoms in total. The van der Waals surface area contributed by atoms with E-state index in [9.17, 15) is 0 Å². The van der Waals surface area contributed by atoms with Crippen molar-refractivity contribution in [2.24, 2.45) is 11.7 Å². The summed E-state index contributed by atoms with van der Waals surface area (Å²) in [5.41, 5.74) is 6.18. The minimum Gasteiger partial charge on any atom is -0.497 e. The van der Waals surface area contributed by atoms with Gasteiger partial charge in [0.15, 0.2) is 0 Å². The Morgan fingerprint density at radius 3 is 2.70 bits per heavy atom. The van der Waals surface area contributed by atoms with E-state index in [-0.39, 0.29) is 0 Å². The highest BCUT2D eigenvalue weighted by Crippen LogP contribution is 2.23. The zero-order valence-electron chi connectivity index (χ0n) is 12.4. The average Bonchev–Trinajstić information content (AvgIpc) is 2.45. The van der Waals surface area contributed by atoms with Crippen LogP contribution in [0, 0.1) is 17.8 Å². The number of benzene rings is 1. The lowest BCUT2D eigenvalue weighted by molar-refractivity contribution is 0.0818. The highest BCUT2D eigenvalue weighted by atomic mass is 16.5. The third-order valence-corrected chi connectivity index (χ3v) is 2.45. The number of methoxy groups -OCH3 is 1. The highest BCUT2D eigenvalue weighted by molar-refractivity contribution is 5.50. The molecular weight excluding hydrogens is 254 g/mol. The summed E-state index contributed by atoms with van der Waals surface area (Å²) in [6.45, 7) is 6.35. The molecule has 4 heteroatoms. The van der Waals surface area contributed by atoms with Gasteiger partial charge in [0.2, 0.25) is 0 Å². The molecule has 1 aromatic rings. The van der Waals surface area contributed by atoms with Crippen molar-refractivity contribution in [2.45, 2.75) is 13.8 Å². The minimum absolute atomic E-state index is 0.314. The molecule has 0 spiro atoms. The van der Waals surface area contributed by atoms with Crippen LogP contribution < -0.4 is 15.2 Å². The zero-order chi connectivity index (χ0) is 14.8. The molecule has 110 valence electrons. The molecule has 0 fully saturated rings. The van der Waals surface area contributed by atoms with Crippen LogP contribution in [0.1, 0.15) is 19.4 Å². The van der Waals surface area contributed by atoms with Gasteiger partial charge in [-0.25, -0.2) is 0 Å². The number of rotatable bonds is 7. The summed E-state index contributed by atoms with van der Waals surface area (Å²) < 4.78 is 16.3. The Kier molecular flexibility index (Phi) is 7.56. The van der Waals surface area contributed by atoms with E-state index in [1.54, 1.807) is 7.11 Å². The smallest absolute Gasteiger partial charge is 0.135 e. The quantitative estimate of drug-likeness (QED) is 0.612. The molecule has 0 atom stereocenters. The van der Waals surface area contributed by atoms with Crippen LogP contribution in [0.5, 0.6) is 11.5 Å². The largest absolute Gasteiger partial charge is 0.497 e. The molecule has 0 aliphatic heterocycles. The Morgan fingerprint density at radius 1 is 1.25 bits per heavy atom. The summed E-state index contributed by atoms with van der Waals surface area (Å²) in [5.74, 6) is 7.81. The van der Waals surface area contributed by atoms with E-state index in [1.165, 1.54) is 0 Å². The lowest BCUT2D eigenvalue weighted by Crippen LogP contribution is -2.10. The van der Waals surface area contributed by atoms with Gasteiger partial charge in [-0.2, -0.15) is 0 Å². The SMILES string of the molecule is COc1ccc(OCCOCC(C)C)c(C#CCN)c1. The first-order valence-corrected chi connectivity index (χ1v) is 6.75. The van der Waals surface area contributed by atoms with Crippen molar-refractivity contribution < 1.29 is 14.2 Å². The van der Waals surface area contributed by atoms with Crippen molar-refractivity contribution in [3.8, 4) is 23.3 Å². The van der Waals surface area contributed by atoms with Gasteiger partial charge in [-0.15, -0.1) is 0 Å². The molecule has 0 aliphatic carbocycles. The van der Waals surface area contributed by atoms with Crippen molar-refractivity contribution in [3.05, 3.63) is 23.8 Å². The van der Waals surface area contributed by atoms with Crippen molar-refractivity contribution >= 4 is 0 Å². The summed E-state index contributed by atoms with van der Waals surface area (Å²) in [4.78, 5) is 0. The van der Waals surface area contributed by atoms with Crippen LogP contribution in [0.4, 0.5) is 0 Å². The van der Waals surface area contributed by atoms with Gasteiger partial charge in [0, 0.05) is 6.61 Å². The first kappa shape index (κ1) is 16.4. The van der Waals surface area contributed by atoms with Gasteiger partial charge in [0.25, 0.3) is 0 Å². The van der Waals surface area contributed by atoms with Gasteiger partial charge in [-0.05, 0) is 24.1 Å². The molecule has 0 radical (unpaired) electrons. The van der Waals surface area contributed by atoms with Crippen LogP contribution in [0.3, 0.4) is 0 Å². The molecule has 0 aliphatic rings. The fourth-order valence-electron chi connectivity index (χ4n) is 1.54. The van der Waals surface area contributed by atoms with Crippen LogP contribution in [-0.2, 0) is 4.74 Å². The molecule has 0 saturated carbocycles. The average molecular weight is 277 g/mol. The first-order valence-electron chi connectivity index (χ1n) is 6.75. The van der Waals surface area contributed by atoms with Gasteiger partial charge < -0.3 is 19.9 Å². The Labute approximate surface area is 121 Å². The lowest BCUT2D eigenvalue weighted by Gasteiger charge is -2.11. The normalized spacial score (nSPS) is 10.1. The van der Waals surface area contributed by atoms with E-state index in [2.05, 4.69) is 25.7 Å². The number of hydrogen-bond acceptors (Lipinski definition) is 4. The van der Waals surface area contributed by atoms with Crippen molar-refractivity contribution in [2.75, 3.05) is 33.5 Å². The van der Waals surface area contributed by atoms with E-state index in [1.807, 2.05) is 18.2 Å². The maximum atomic E-state index is 5.69. The third kappa shape index (κ3) is 5.96. The maximum Gasteiger partial charge on any atom is 0.135 e. The molecule has 0 bridgehead atoms. The van der Waals surface area contributed by atoms with Crippen LogP contribution >= 0.6 is 0 Å². The standard InChI is InChI=1S/C16H23NO3/c1-13(2)12-19-9-10-20-16-7-6-15(18-3)11-14(16)5-4-8-17/h6-7,11,13H,8-10,12,17H2,1-3H3. The predicted octanol–water partition coefficient (Wildman–Crippen LogP) is 2.06. The first-order chi connectivity index (χ1) is 9.67.